The Morgan fingerprint density at radius 2 is 1.52 bits per heavy atom. The van der Waals surface area contributed by atoms with E-state index in [-0.39, 0.29) is 5.92 Å². The Hall–Kier alpha value is -1.72. The zero-order valence-corrected chi connectivity index (χ0v) is 28.1. The lowest BCUT2D eigenvalue weighted by atomic mass is 10.0. The van der Waals surface area contributed by atoms with Gasteiger partial charge >= 0.3 is 6.18 Å². The van der Waals surface area contributed by atoms with Crippen LogP contribution in [0.2, 0.25) is 15.1 Å². The number of anilines is 2. The highest BCUT2D eigenvalue weighted by Crippen LogP contribution is 2.49. The van der Waals surface area contributed by atoms with Crippen LogP contribution in [-0.4, -0.2) is 67.3 Å². The van der Waals surface area contributed by atoms with Crippen LogP contribution in [0.1, 0.15) is 24.5 Å². The molecule has 1 fully saturated rings. The van der Waals surface area contributed by atoms with Gasteiger partial charge in [-0.1, -0.05) is 65.6 Å². The van der Waals surface area contributed by atoms with E-state index in [1.54, 1.807) is 18.2 Å². The molecule has 0 aromatic heterocycles. The largest absolute Gasteiger partial charge is 0.485 e. The molecule has 0 bridgehead atoms. The van der Waals surface area contributed by atoms with E-state index in [2.05, 4.69) is 9.80 Å². The van der Waals surface area contributed by atoms with E-state index in [0.29, 0.717) is 45.4 Å². The van der Waals surface area contributed by atoms with Crippen molar-refractivity contribution in [3.63, 3.8) is 0 Å². The number of ether oxygens (including phenoxy) is 1. The van der Waals surface area contributed by atoms with Crippen LogP contribution in [0.4, 0.5) is 24.5 Å². The van der Waals surface area contributed by atoms with Crippen molar-refractivity contribution in [2.45, 2.75) is 35.7 Å². The Bertz CT molecular complexity index is 1460. The smallest absolute Gasteiger partial charge is 0.416 e. The number of thiocarbonyl (C=S) groups is 1. The Morgan fingerprint density at radius 3 is 2.20 bits per heavy atom. The SMILES string of the molecule is CC(Cc1cc(Cl)c(Cl)c(Cl)c1)C(=S)OCCN1CCN(CCCN2c3ccccc3Sc3ccc(C(F)(F)F)cc32)CC1. The van der Waals surface area contributed by atoms with Gasteiger partial charge in [-0.3, -0.25) is 4.90 Å². The summed E-state index contributed by atoms with van der Waals surface area (Å²) in [4.78, 5) is 8.74. The molecule has 12 heteroatoms. The summed E-state index contributed by atoms with van der Waals surface area (Å²) in [5, 5.41) is 1.76. The molecule has 0 aliphatic carbocycles. The van der Waals surface area contributed by atoms with Crippen molar-refractivity contribution in [1.29, 1.82) is 0 Å². The maximum absolute atomic E-state index is 13.5. The van der Waals surface area contributed by atoms with E-state index >= 15 is 0 Å². The number of benzene rings is 3. The van der Waals surface area contributed by atoms with E-state index in [1.807, 2.05) is 36.1 Å². The van der Waals surface area contributed by atoms with Crippen molar-refractivity contribution in [3.8, 4) is 0 Å². The second-order valence-electron chi connectivity index (χ2n) is 11.1. The summed E-state index contributed by atoms with van der Waals surface area (Å²) in [6.07, 6.45) is -2.88. The fourth-order valence-electron chi connectivity index (χ4n) is 5.52. The number of halogens is 6. The normalized spacial score (nSPS) is 16.4. The third-order valence-electron chi connectivity index (χ3n) is 7.91. The van der Waals surface area contributed by atoms with Crippen molar-refractivity contribution in [2.75, 3.05) is 57.3 Å². The molecule has 2 aliphatic rings. The maximum atomic E-state index is 13.5. The highest BCUT2D eigenvalue weighted by Gasteiger charge is 2.33. The van der Waals surface area contributed by atoms with Crippen LogP contribution in [0.5, 0.6) is 0 Å². The molecule has 5 rings (SSSR count). The second kappa shape index (κ2) is 14.8. The van der Waals surface area contributed by atoms with E-state index < -0.39 is 11.7 Å². The highest BCUT2D eigenvalue weighted by molar-refractivity contribution is 7.99. The fraction of sp³-hybridized carbons (Fsp3) is 0.406. The standard InChI is InChI=1S/C32H33Cl3F3N3OS2/c1-21(17-22-18-24(33)30(35)25(34)19-22)31(43)42-16-15-40-13-11-39(12-14-40)9-4-10-41-26-5-2-3-6-28(26)44-29-8-7-23(20-27(29)41)32(36,37)38/h2-3,5-8,18-21H,4,9-17H2,1H3. The average Bonchev–Trinajstić information content (AvgIpc) is 2.99. The van der Waals surface area contributed by atoms with Gasteiger partial charge in [0.15, 0.2) is 5.05 Å². The lowest BCUT2D eigenvalue weighted by Crippen LogP contribution is -2.47. The van der Waals surface area contributed by atoms with Crippen LogP contribution in [0.25, 0.3) is 0 Å². The summed E-state index contributed by atoms with van der Waals surface area (Å²) in [6, 6.07) is 15.6. The molecule has 0 N–H and O–H groups in total. The van der Waals surface area contributed by atoms with Gasteiger partial charge in [0.05, 0.1) is 32.0 Å². The van der Waals surface area contributed by atoms with E-state index in [9.17, 15) is 13.2 Å². The minimum atomic E-state index is -4.38. The Morgan fingerprint density at radius 1 is 0.886 bits per heavy atom. The van der Waals surface area contributed by atoms with Gasteiger partial charge in [-0.2, -0.15) is 13.2 Å². The van der Waals surface area contributed by atoms with Crippen molar-refractivity contribution >= 4 is 75.2 Å². The van der Waals surface area contributed by atoms with E-state index in [0.717, 1.165) is 66.7 Å². The molecule has 2 heterocycles. The van der Waals surface area contributed by atoms with Crippen LogP contribution < -0.4 is 4.90 Å². The maximum Gasteiger partial charge on any atom is 0.416 e. The molecule has 0 radical (unpaired) electrons. The molecule has 3 aromatic carbocycles. The van der Waals surface area contributed by atoms with Gasteiger partial charge < -0.3 is 14.5 Å². The third kappa shape index (κ3) is 8.35. The topological polar surface area (TPSA) is 19.0 Å². The lowest BCUT2D eigenvalue weighted by Gasteiger charge is -2.36. The van der Waals surface area contributed by atoms with Gasteiger partial charge in [0, 0.05) is 55.0 Å². The summed E-state index contributed by atoms with van der Waals surface area (Å²) < 4.78 is 46.5. The molecular formula is C32H33Cl3F3N3OS2. The average molecular weight is 703 g/mol. The summed E-state index contributed by atoms with van der Waals surface area (Å²) in [6.45, 7) is 8.57. The summed E-state index contributed by atoms with van der Waals surface area (Å²) >= 11 is 25.4. The number of hydrogen-bond donors (Lipinski definition) is 0. The summed E-state index contributed by atoms with van der Waals surface area (Å²) in [7, 11) is 0. The summed E-state index contributed by atoms with van der Waals surface area (Å²) in [5.41, 5.74) is 1.93. The van der Waals surface area contributed by atoms with Crippen molar-refractivity contribution in [3.05, 3.63) is 80.8 Å². The van der Waals surface area contributed by atoms with Crippen molar-refractivity contribution in [1.82, 2.24) is 9.80 Å². The zero-order chi connectivity index (χ0) is 31.4. The third-order valence-corrected chi connectivity index (χ3v) is 10.8. The molecule has 44 heavy (non-hydrogen) atoms. The quantitative estimate of drug-likeness (QED) is 0.154. The Balaban J connectivity index is 1.06. The molecular weight excluding hydrogens is 670 g/mol. The number of fused-ring (bicyclic) bond motifs is 2. The van der Waals surface area contributed by atoms with Gasteiger partial charge in [0.2, 0.25) is 0 Å². The first-order chi connectivity index (χ1) is 21.0. The van der Waals surface area contributed by atoms with Crippen LogP contribution in [-0.2, 0) is 17.3 Å². The second-order valence-corrected chi connectivity index (χ2v) is 13.8. The van der Waals surface area contributed by atoms with Crippen molar-refractivity contribution in [2.24, 2.45) is 5.92 Å². The van der Waals surface area contributed by atoms with Crippen LogP contribution in [0.3, 0.4) is 0 Å². The van der Waals surface area contributed by atoms with Crippen LogP contribution in [0, 0.1) is 5.92 Å². The lowest BCUT2D eigenvalue weighted by molar-refractivity contribution is -0.137. The van der Waals surface area contributed by atoms with Crippen LogP contribution >= 0.6 is 58.8 Å². The van der Waals surface area contributed by atoms with Gasteiger partial charge in [0.1, 0.15) is 6.61 Å². The number of hydrogen-bond acceptors (Lipinski definition) is 6. The molecule has 3 aromatic rings. The Kier molecular flexibility index (Phi) is 11.3. The van der Waals surface area contributed by atoms with E-state index in [1.165, 1.54) is 23.9 Å². The molecule has 0 spiro atoms. The molecule has 1 saturated heterocycles. The Labute approximate surface area is 281 Å². The van der Waals surface area contributed by atoms with E-state index in [4.69, 9.17) is 51.8 Å². The highest BCUT2D eigenvalue weighted by atomic mass is 35.5. The first kappa shape index (κ1) is 33.6. The molecule has 0 amide bonds. The zero-order valence-electron chi connectivity index (χ0n) is 24.2. The summed E-state index contributed by atoms with van der Waals surface area (Å²) in [5.74, 6) is 0.0210. The minimum Gasteiger partial charge on any atom is -0.485 e. The monoisotopic (exact) mass is 701 g/mol. The molecule has 1 unspecified atom stereocenters. The van der Waals surface area contributed by atoms with Gasteiger partial charge in [-0.25, -0.2) is 0 Å². The number of rotatable bonds is 10. The molecule has 2 aliphatic heterocycles. The number of piperazine rings is 1. The predicted molar refractivity (Wildman–Crippen MR) is 179 cm³/mol. The fourth-order valence-corrected chi connectivity index (χ4v) is 7.40. The number of alkyl halides is 3. The van der Waals surface area contributed by atoms with Gasteiger partial charge in [-0.05, 0) is 79.6 Å². The van der Waals surface area contributed by atoms with Crippen molar-refractivity contribution < 1.29 is 17.9 Å². The number of para-hydroxylation sites is 1. The molecule has 4 nitrogen and oxygen atoms in total. The van der Waals surface area contributed by atoms with Gasteiger partial charge in [0.25, 0.3) is 0 Å². The van der Waals surface area contributed by atoms with Crippen LogP contribution in [0.15, 0.2) is 64.4 Å². The number of nitrogens with zero attached hydrogens (tertiary/aromatic N) is 3. The first-order valence-electron chi connectivity index (χ1n) is 14.5. The molecule has 236 valence electrons. The molecule has 0 saturated carbocycles. The minimum absolute atomic E-state index is 0.0210. The predicted octanol–water partition coefficient (Wildman–Crippen LogP) is 9.50. The first-order valence-corrected chi connectivity index (χ1v) is 16.9. The molecule has 1 atom stereocenters. The van der Waals surface area contributed by atoms with Gasteiger partial charge in [-0.15, -0.1) is 0 Å².